The van der Waals surface area contributed by atoms with E-state index in [9.17, 15) is 21.6 Å². The zero-order chi connectivity index (χ0) is 18.2. The Morgan fingerprint density at radius 3 is 2.44 bits per heavy atom. The molecular weight excluding hydrogens is 357 g/mol. The third kappa shape index (κ3) is 3.57. The van der Waals surface area contributed by atoms with E-state index in [-0.39, 0.29) is 17.9 Å². The van der Waals surface area contributed by atoms with Crippen molar-refractivity contribution in [1.29, 1.82) is 0 Å². The Kier molecular flexibility index (Phi) is 4.63. The van der Waals surface area contributed by atoms with Gasteiger partial charge in [0.1, 0.15) is 18.0 Å². The van der Waals surface area contributed by atoms with Crippen LogP contribution in [-0.4, -0.2) is 36.5 Å². The molecule has 1 aromatic carbocycles. The Morgan fingerprint density at radius 1 is 1.20 bits per heavy atom. The van der Waals surface area contributed by atoms with E-state index in [0.29, 0.717) is 34.3 Å². The maximum absolute atomic E-state index is 13.2. The highest BCUT2D eigenvalue weighted by Crippen LogP contribution is 2.35. The fourth-order valence-corrected chi connectivity index (χ4v) is 4.63. The molecule has 1 aliphatic rings. The van der Waals surface area contributed by atoms with Crippen LogP contribution in [0, 0.1) is 6.92 Å². The van der Waals surface area contributed by atoms with Crippen LogP contribution < -0.4 is 0 Å². The Bertz CT molecular complexity index is 844. The second-order valence-electron chi connectivity index (χ2n) is 5.95. The number of benzene rings is 1. The Hall–Kier alpha value is -1.87. The molecule has 2 aromatic rings. The van der Waals surface area contributed by atoms with Gasteiger partial charge in [0.25, 0.3) is 0 Å². The van der Waals surface area contributed by atoms with Gasteiger partial charge < -0.3 is 4.42 Å². The summed E-state index contributed by atoms with van der Waals surface area (Å²) in [5.41, 5.74) is 1.16. The van der Waals surface area contributed by atoms with Crippen LogP contribution in [0.1, 0.15) is 25.2 Å². The summed E-state index contributed by atoms with van der Waals surface area (Å²) in [6, 6.07) is 3.66. The number of sulfonamides is 1. The van der Waals surface area contributed by atoms with Gasteiger partial charge in [-0.05, 0) is 25.0 Å². The molecule has 0 aliphatic carbocycles. The smallest absolute Gasteiger partial charge is 0.405 e. The van der Waals surface area contributed by atoms with E-state index in [4.69, 9.17) is 4.42 Å². The second-order valence-corrected chi connectivity index (χ2v) is 7.84. The molecule has 0 spiro atoms. The minimum atomic E-state index is -4.58. The van der Waals surface area contributed by atoms with Gasteiger partial charge in [-0.1, -0.05) is 18.6 Å². The number of oxazole rings is 1. The van der Waals surface area contributed by atoms with Crippen LogP contribution in [0.4, 0.5) is 13.2 Å². The highest BCUT2D eigenvalue weighted by atomic mass is 32.2. The molecule has 3 rings (SSSR count). The average Bonchev–Trinajstić information content (AvgIpc) is 3.01. The van der Waals surface area contributed by atoms with Gasteiger partial charge in [0, 0.05) is 19.0 Å². The molecule has 1 atom stereocenters. The molecule has 5 nitrogen and oxygen atoms in total. The van der Waals surface area contributed by atoms with Crippen LogP contribution >= 0.6 is 0 Å². The molecule has 0 N–H and O–H groups in total. The number of aromatic nitrogens is 1. The maximum Gasteiger partial charge on any atom is 0.405 e. The van der Waals surface area contributed by atoms with Gasteiger partial charge in [-0.15, -0.1) is 0 Å². The van der Waals surface area contributed by atoms with Crippen LogP contribution in [0.5, 0.6) is 0 Å². The predicted molar refractivity (Wildman–Crippen MR) is 84.3 cm³/mol. The van der Waals surface area contributed by atoms with Gasteiger partial charge in [-0.3, -0.25) is 0 Å². The number of rotatable bonds is 3. The molecule has 25 heavy (non-hydrogen) atoms. The predicted octanol–water partition coefficient (Wildman–Crippen LogP) is 3.76. The topological polar surface area (TPSA) is 63.4 Å². The van der Waals surface area contributed by atoms with E-state index in [1.165, 1.54) is 30.5 Å². The fourth-order valence-electron chi connectivity index (χ4n) is 2.95. The Morgan fingerprint density at radius 2 is 1.88 bits per heavy atom. The molecule has 0 radical (unpaired) electrons. The molecule has 0 bridgehead atoms. The molecule has 0 amide bonds. The Balaban J connectivity index is 1.91. The standard InChI is InChI=1S/C16H17F3N2O3S/c1-11-20-14(10-24-11)12-5-7-13(8-6-12)25(22,23)21-9-3-2-4-15(21)16(17,18)19/h5-8,10,15H,2-4,9H2,1H3. The minimum Gasteiger partial charge on any atom is -0.449 e. The lowest BCUT2D eigenvalue weighted by Gasteiger charge is -2.35. The third-order valence-electron chi connectivity index (χ3n) is 4.21. The monoisotopic (exact) mass is 374 g/mol. The van der Waals surface area contributed by atoms with Gasteiger partial charge in [-0.25, -0.2) is 13.4 Å². The molecule has 1 aliphatic heterocycles. The zero-order valence-electron chi connectivity index (χ0n) is 13.5. The van der Waals surface area contributed by atoms with E-state index in [0.717, 1.165) is 0 Å². The first kappa shape index (κ1) is 17.9. The minimum absolute atomic E-state index is 0.128. The molecule has 0 saturated carbocycles. The first-order chi connectivity index (χ1) is 11.7. The van der Waals surface area contributed by atoms with Gasteiger partial charge in [0.2, 0.25) is 10.0 Å². The molecule has 1 saturated heterocycles. The normalized spacial score (nSPS) is 19.9. The number of halogens is 3. The summed E-state index contributed by atoms with van der Waals surface area (Å²) in [6.45, 7) is 1.55. The number of aryl methyl sites for hydroxylation is 1. The number of piperidine rings is 1. The van der Waals surface area contributed by atoms with Gasteiger partial charge in [-0.2, -0.15) is 17.5 Å². The second kappa shape index (κ2) is 6.45. The van der Waals surface area contributed by atoms with Gasteiger partial charge in [0.05, 0.1) is 4.90 Å². The third-order valence-corrected chi connectivity index (χ3v) is 6.13. The van der Waals surface area contributed by atoms with E-state index in [1.54, 1.807) is 6.92 Å². The lowest BCUT2D eigenvalue weighted by atomic mass is 10.0. The van der Waals surface area contributed by atoms with Crippen LogP contribution in [0.25, 0.3) is 11.3 Å². The van der Waals surface area contributed by atoms with Crippen LogP contribution in [0.3, 0.4) is 0 Å². The van der Waals surface area contributed by atoms with E-state index >= 15 is 0 Å². The summed E-state index contributed by atoms with van der Waals surface area (Å²) in [5.74, 6) is 0.466. The van der Waals surface area contributed by atoms with E-state index in [2.05, 4.69) is 4.98 Å². The Labute approximate surface area is 143 Å². The summed E-state index contributed by atoms with van der Waals surface area (Å²) in [7, 11) is -4.22. The first-order valence-corrected chi connectivity index (χ1v) is 9.25. The molecule has 1 unspecified atom stereocenters. The summed E-state index contributed by atoms with van der Waals surface area (Å²) in [4.78, 5) is 3.97. The molecule has 136 valence electrons. The fraction of sp³-hybridized carbons (Fsp3) is 0.438. The van der Waals surface area contributed by atoms with Crippen molar-refractivity contribution in [3.63, 3.8) is 0 Å². The van der Waals surface area contributed by atoms with Crippen molar-refractivity contribution in [3.05, 3.63) is 36.4 Å². The number of hydrogen-bond acceptors (Lipinski definition) is 4. The van der Waals surface area contributed by atoms with Crippen molar-refractivity contribution in [2.24, 2.45) is 0 Å². The van der Waals surface area contributed by atoms with Gasteiger partial charge in [0.15, 0.2) is 5.89 Å². The number of alkyl halides is 3. The van der Waals surface area contributed by atoms with Crippen molar-refractivity contribution >= 4 is 10.0 Å². The lowest BCUT2D eigenvalue weighted by molar-refractivity contribution is -0.177. The summed E-state index contributed by atoms with van der Waals surface area (Å²) >= 11 is 0. The quantitative estimate of drug-likeness (QED) is 0.821. The van der Waals surface area contributed by atoms with Crippen LogP contribution in [-0.2, 0) is 10.0 Å². The molecular formula is C16H17F3N2O3S. The number of nitrogens with zero attached hydrogens (tertiary/aromatic N) is 2. The maximum atomic E-state index is 13.2. The van der Waals surface area contributed by atoms with Crippen molar-refractivity contribution in [3.8, 4) is 11.3 Å². The van der Waals surface area contributed by atoms with Crippen molar-refractivity contribution in [2.75, 3.05) is 6.54 Å². The molecule has 1 aromatic heterocycles. The highest BCUT2D eigenvalue weighted by Gasteiger charge is 2.48. The summed E-state index contributed by atoms with van der Waals surface area (Å²) < 4.78 is 70.7. The molecule has 9 heteroatoms. The van der Waals surface area contributed by atoms with Crippen molar-refractivity contribution < 1.29 is 26.0 Å². The van der Waals surface area contributed by atoms with Crippen LogP contribution in [0.2, 0.25) is 0 Å². The SMILES string of the molecule is Cc1nc(-c2ccc(S(=O)(=O)N3CCCCC3C(F)(F)F)cc2)co1. The summed E-state index contributed by atoms with van der Waals surface area (Å²) in [6.07, 6.45) is -2.57. The first-order valence-electron chi connectivity index (χ1n) is 7.81. The highest BCUT2D eigenvalue weighted by molar-refractivity contribution is 7.89. The van der Waals surface area contributed by atoms with Crippen LogP contribution in [0.15, 0.2) is 39.8 Å². The van der Waals surface area contributed by atoms with Gasteiger partial charge >= 0.3 is 6.18 Å². The number of hydrogen-bond donors (Lipinski definition) is 0. The lowest BCUT2D eigenvalue weighted by Crippen LogP contribution is -2.51. The summed E-state index contributed by atoms with van der Waals surface area (Å²) in [5, 5.41) is 0. The molecule has 2 heterocycles. The van der Waals surface area contributed by atoms with E-state index < -0.39 is 22.2 Å². The van der Waals surface area contributed by atoms with E-state index in [1.807, 2.05) is 0 Å². The zero-order valence-corrected chi connectivity index (χ0v) is 14.3. The molecule has 1 fully saturated rings. The van der Waals surface area contributed by atoms with Crippen molar-refractivity contribution in [1.82, 2.24) is 9.29 Å². The largest absolute Gasteiger partial charge is 0.449 e. The average molecular weight is 374 g/mol. The van der Waals surface area contributed by atoms with Crippen molar-refractivity contribution in [2.45, 2.75) is 43.3 Å².